The molecule has 2 saturated heterocycles. The highest BCUT2D eigenvalue weighted by Crippen LogP contribution is 2.59. The molecule has 4 nitrogen and oxygen atoms in total. The monoisotopic (exact) mass is 317 g/mol. The SMILES string of the molecule is O=C(C1CC12CCNCC2)N1CCN(C2CC3CCC2C3)CC1. The Labute approximate surface area is 140 Å². The molecule has 128 valence electrons. The lowest BCUT2D eigenvalue weighted by molar-refractivity contribution is -0.135. The standard InChI is InChI=1S/C19H31N3O/c23-18(16-13-19(16)3-5-20-6-4-19)22-9-7-21(8-10-22)17-12-14-1-2-15(17)11-14/h14-17,20H,1-13H2. The van der Waals surface area contributed by atoms with E-state index in [-0.39, 0.29) is 0 Å². The molecule has 2 bridgehead atoms. The van der Waals surface area contributed by atoms with Gasteiger partial charge < -0.3 is 10.2 Å². The summed E-state index contributed by atoms with van der Waals surface area (Å²) < 4.78 is 0. The topological polar surface area (TPSA) is 35.6 Å². The fraction of sp³-hybridized carbons (Fsp3) is 0.947. The molecule has 0 aromatic heterocycles. The van der Waals surface area contributed by atoms with Crippen molar-refractivity contribution in [3.63, 3.8) is 0 Å². The number of carbonyl (C=O) groups excluding carboxylic acids is 1. The van der Waals surface area contributed by atoms with Crippen molar-refractivity contribution in [2.24, 2.45) is 23.2 Å². The van der Waals surface area contributed by atoms with Gasteiger partial charge in [-0.25, -0.2) is 0 Å². The first-order chi connectivity index (χ1) is 11.3. The number of fused-ring (bicyclic) bond motifs is 2. The zero-order chi connectivity index (χ0) is 15.4. The van der Waals surface area contributed by atoms with Gasteiger partial charge >= 0.3 is 0 Å². The molecule has 5 fully saturated rings. The van der Waals surface area contributed by atoms with Crippen LogP contribution in [0, 0.1) is 23.2 Å². The number of piperazine rings is 1. The van der Waals surface area contributed by atoms with E-state index < -0.39 is 0 Å². The van der Waals surface area contributed by atoms with Gasteiger partial charge in [0.05, 0.1) is 0 Å². The number of carbonyl (C=O) groups is 1. The highest BCUT2D eigenvalue weighted by Gasteiger charge is 2.58. The minimum atomic E-state index is 0.360. The molecule has 4 atom stereocenters. The molecule has 0 aromatic rings. The van der Waals surface area contributed by atoms with E-state index in [2.05, 4.69) is 15.1 Å². The van der Waals surface area contributed by atoms with E-state index in [0.717, 1.165) is 57.1 Å². The van der Waals surface area contributed by atoms with Crippen molar-refractivity contribution in [1.29, 1.82) is 0 Å². The number of amides is 1. The van der Waals surface area contributed by atoms with Crippen molar-refractivity contribution in [2.75, 3.05) is 39.3 Å². The van der Waals surface area contributed by atoms with Crippen LogP contribution in [-0.4, -0.2) is 61.0 Å². The zero-order valence-corrected chi connectivity index (χ0v) is 14.3. The van der Waals surface area contributed by atoms with E-state index in [9.17, 15) is 4.79 Å². The molecule has 1 N–H and O–H groups in total. The Bertz CT molecular complexity index is 479. The number of piperidine rings is 1. The highest BCUT2D eigenvalue weighted by atomic mass is 16.2. The van der Waals surface area contributed by atoms with Crippen LogP contribution < -0.4 is 5.32 Å². The van der Waals surface area contributed by atoms with Crippen LogP contribution in [0.5, 0.6) is 0 Å². The maximum absolute atomic E-state index is 12.9. The summed E-state index contributed by atoms with van der Waals surface area (Å²) in [6.07, 6.45) is 9.48. The highest BCUT2D eigenvalue weighted by molar-refractivity contribution is 5.83. The fourth-order valence-electron chi connectivity index (χ4n) is 6.33. The Morgan fingerprint density at radius 1 is 1.00 bits per heavy atom. The van der Waals surface area contributed by atoms with Crippen LogP contribution in [0.4, 0.5) is 0 Å². The van der Waals surface area contributed by atoms with Crippen LogP contribution >= 0.6 is 0 Å². The molecule has 4 unspecified atom stereocenters. The van der Waals surface area contributed by atoms with Crippen molar-refractivity contribution >= 4 is 5.91 Å². The number of nitrogens with one attached hydrogen (secondary N) is 1. The van der Waals surface area contributed by atoms with Gasteiger partial charge in [-0.2, -0.15) is 0 Å². The molecule has 1 spiro atoms. The van der Waals surface area contributed by atoms with Gasteiger partial charge in [-0.15, -0.1) is 0 Å². The Morgan fingerprint density at radius 2 is 1.78 bits per heavy atom. The lowest BCUT2D eigenvalue weighted by Gasteiger charge is -2.41. The Hall–Kier alpha value is -0.610. The van der Waals surface area contributed by atoms with Gasteiger partial charge in [-0.3, -0.25) is 9.69 Å². The van der Waals surface area contributed by atoms with Gasteiger partial charge in [0.25, 0.3) is 0 Å². The second kappa shape index (κ2) is 5.45. The summed E-state index contributed by atoms with van der Waals surface area (Å²) in [4.78, 5) is 17.8. The van der Waals surface area contributed by atoms with Crippen LogP contribution in [0.25, 0.3) is 0 Å². The summed E-state index contributed by atoms with van der Waals surface area (Å²) in [5.41, 5.74) is 0.393. The number of hydrogen-bond acceptors (Lipinski definition) is 3. The zero-order valence-electron chi connectivity index (χ0n) is 14.3. The molecule has 5 rings (SSSR count). The second-order valence-corrected chi connectivity index (χ2v) is 8.97. The first-order valence-corrected chi connectivity index (χ1v) is 9.99. The molecule has 0 aromatic carbocycles. The van der Waals surface area contributed by atoms with Gasteiger partial charge in [-0.1, -0.05) is 6.42 Å². The minimum Gasteiger partial charge on any atom is -0.340 e. The van der Waals surface area contributed by atoms with Crippen molar-refractivity contribution in [2.45, 2.75) is 51.0 Å². The maximum Gasteiger partial charge on any atom is 0.226 e. The maximum atomic E-state index is 12.9. The average molecular weight is 317 g/mol. The summed E-state index contributed by atoms with van der Waals surface area (Å²) in [6.45, 7) is 6.44. The third-order valence-electron chi connectivity index (χ3n) is 7.88. The first kappa shape index (κ1) is 14.7. The Kier molecular flexibility index (Phi) is 3.49. The van der Waals surface area contributed by atoms with Gasteiger partial charge in [-0.05, 0) is 68.9 Å². The van der Waals surface area contributed by atoms with Crippen LogP contribution in [0.15, 0.2) is 0 Å². The minimum absolute atomic E-state index is 0.360. The third-order valence-corrected chi connectivity index (χ3v) is 7.88. The van der Waals surface area contributed by atoms with Gasteiger partial charge in [0.1, 0.15) is 0 Å². The quantitative estimate of drug-likeness (QED) is 0.842. The lowest BCUT2D eigenvalue weighted by Crippen LogP contribution is -2.53. The van der Waals surface area contributed by atoms with Gasteiger partial charge in [0.15, 0.2) is 0 Å². The summed E-state index contributed by atoms with van der Waals surface area (Å²) >= 11 is 0. The number of rotatable bonds is 2. The smallest absolute Gasteiger partial charge is 0.226 e. The Balaban J connectivity index is 1.15. The summed E-state index contributed by atoms with van der Waals surface area (Å²) in [6, 6.07) is 0.850. The van der Waals surface area contributed by atoms with Gasteiger partial charge in [0.2, 0.25) is 5.91 Å². The van der Waals surface area contributed by atoms with E-state index >= 15 is 0 Å². The third kappa shape index (κ3) is 2.44. The van der Waals surface area contributed by atoms with Crippen LogP contribution in [0.1, 0.15) is 44.9 Å². The summed E-state index contributed by atoms with van der Waals surface area (Å²) in [5.74, 6) is 2.85. The first-order valence-electron chi connectivity index (χ1n) is 9.99. The number of hydrogen-bond donors (Lipinski definition) is 1. The van der Waals surface area contributed by atoms with E-state index in [1.54, 1.807) is 0 Å². The van der Waals surface area contributed by atoms with Crippen molar-refractivity contribution in [1.82, 2.24) is 15.1 Å². The molecule has 0 radical (unpaired) electrons. The second-order valence-electron chi connectivity index (χ2n) is 8.97. The number of nitrogens with zero attached hydrogens (tertiary/aromatic N) is 2. The van der Waals surface area contributed by atoms with Gasteiger partial charge in [0, 0.05) is 38.1 Å². The largest absolute Gasteiger partial charge is 0.340 e. The van der Waals surface area contributed by atoms with E-state index in [1.807, 2.05) is 0 Å². The van der Waals surface area contributed by atoms with Crippen molar-refractivity contribution < 1.29 is 4.79 Å². The average Bonchev–Trinajstić information content (AvgIpc) is 2.97. The molecule has 4 heteroatoms. The molecule has 3 saturated carbocycles. The summed E-state index contributed by atoms with van der Waals surface area (Å²) in [7, 11) is 0. The molecule has 2 heterocycles. The van der Waals surface area contributed by atoms with Crippen LogP contribution in [0.2, 0.25) is 0 Å². The molecular formula is C19H31N3O. The Morgan fingerprint density at radius 3 is 2.43 bits per heavy atom. The molecule has 3 aliphatic carbocycles. The van der Waals surface area contributed by atoms with E-state index in [1.165, 1.54) is 44.9 Å². The molecule has 23 heavy (non-hydrogen) atoms. The lowest BCUT2D eigenvalue weighted by atomic mass is 9.91. The van der Waals surface area contributed by atoms with Crippen molar-refractivity contribution in [3.05, 3.63) is 0 Å². The summed E-state index contributed by atoms with van der Waals surface area (Å²) in [5, 5.41) is 3.44. The van der Waals surface area contributed by atoms with E-state index in [0.29, 0.717) is 17.2 Å². The van der Waals surface area contributed by atoms with Crippen molar-refractivity contribution in [3.8, 4) is 0 Å². The van der Waals surface area contributed by atoms with Crippen LogP contribution in [0.3, 0.4) is 0 Å². The predicted octanol–water partition coefficient (Wildman–Crippen LogP) is 1.71. The molecular weight excluding hydrogens is 286 g/mol. The molecule has 5 aliphatic rings. The van der Waals surface area contributed by atoms with Crippen LogP contribution in [-0.2, 0) is 4.79 Å². The molecule has 2 aliphatic heterocycles. The normalized spacial score (nSPS) is 42.3. The fourth-order valence-corrected chi connectivity index (χ4v) is 6.33. The van der Waals surface area contributed by atoms with E-state index in [4.69, 9.17) is 0 Å². The molecule has 1 amide bonds. The predicted molar refractivity (Wildman–Crippen MR) is 90.0 cm³/mol.